The fourth-order valence-corrected chi connectivity index (χ4v) is 3.23. The maximum absolute atomic E-state index is 6.25. The van der Waals surface area contributed by atoms with Crippen LogP contribution in [0.4, 0.5) is 0 Å². The van der Waals surface area contributed by atoms with Gasteiger partial charge in [0.15, 0.2) is 0 Å². The van der Waals surface area contributed by atoms with Crippen LogP contribution < -0.4 is 0 Å². The summed E-state index contributed by atoms with van der Waals surface area (Å²) in [5.74, 6) is 0. The number of halogens is 1. The van der Waals surface area contributed by atoms with Crippen molar-refractivity contribution in [2.24, 2.45) is 0 Å². The Morgan fingerprint density at radius 2 is 2.07 bits per heavy atom. The van der Waals surface area contributed by atoms with Crippen molar-refractivity contribution >= 4 is 33.0 Å². The monoisotopic (exact) mass is 224 g/mol. The Hall–Kier alpha value is -0.530. The Morgan fingerprint density at radius 3 is 2.71 bits per heavy atom. The van der Waals surface area contributed by atoms with Gasteiger partial charge in [0.1, 0.15) is 0 Å². The lowest BCUT2D eigenvalue weighted by molar-refractivity contribution is 1.13. The first-order chi connectivity index (χ1) is 6.77. The third kappa shape index (κ3) is 1.45. The first-order valence-corrected chi connectivity index (χ1v) is 6.21. The number of aryl methyl sites for hydroxylation is 2. The van der Waals surface area contributed by atoms with Gasteiger partial charge in [0.25, 0.3) is 0 Å². The van der Waals surface area contributed by atoms with Crippen LogP contribution in [0.5, 0.6) is 0 Å². The second-order valence-corrected chi connectivity index (χ2v) is 4.69. The van der Waals surface area contributed by atoms with Gasteiger partial charge in [-0.25, -0.2) is 0 Å². The van der Waals surface area contributed by atoms with Gasteiger partial charge in [-0.15, -0.1) is 11.3 Å². The molecule has 0 unspecified atom stereocenters. The van der Waals surface area contributed by atoms with E-state index >= 15 is 0 Å². The van der Waals surface area contributed by atoms with Gasteiger partial charge in [-0.05, 0) is 46.9 Å². The molecule has 0 nitrogen and oxygen atoms in total. The fourth-order valence-electron chi connectivity index (χ4n) is 1.85. The Bertz CT molecular complexity index is 457. The van der Waals surface area contributed by atoms with Crippen LogP contribution in [0.3, 0.4) is 0 Å². The lowest BCUT2D eigenvalue weighted by Gasteiger charge is -2.07. The molecule has 0 N–H and O–H groups in total. The van der Waals surface area contributed by atoms with Gasteiger partial charge in [0.2, 0.25) is 0 Å². The van der Waals surface area contributed by atoms with Crippen molar-refractivity contribution in [2.75, 3.05) is 0 Å². The molecule has 0 atom stereocenters. The molecule has 0 aliphatic rings. The second-order valence-electron chi connectivity index (χ2n) is 3.37. The SMILES string of the molecule is CCc1c(Cl)cc(CC)c2sccc12. The predicted molar refractivity (Wildman–Crippen MR) is 65.6 cm³/mol. The molecule has 2 heteroatoms. The minimum atomic E-state index is 0.926. The summed E-state index contributed by atoms with van der Waals surface area (Å²) >= 11 is 8.07. The average Bonchev–Trinajstić information content (AvgIpc) is 2.65. The average molecular weight is 225 g/mol. The maximum Gasteiger partial charge on any atom is 0.0447 e. The summed E-state index contributed by atoms with van der Waals surface area (Å²) in [5, 5.41) is 4.43. The number of rotatable bonds is 2. The second kappa shape index (κ2) is 3.92. The van der Waals surface area contributed by atoms with Crippen molar-refractivity contribution in [3.63, 3.8) is 0 Å². The molecule has 14 heavy (non-hydrogen) atoms. The van der Waals surface area contributed by atoms with E-state index in [1.165, 1.54) is 21.2 Å². The van der Waals surface area contributed by atoms with Crippen LogP contribution in [0.1, 0.15) is 25.0 Å². The van der Waals surface area contributed by atoms with Gasteiger partial charge < -0.3 is 0 Å². The molecule has 1 aromatic heterocycles. The van der Waals surface area contributed by atoms with Gasteiger partial charge in [-0.3, -0.25) is 0 Å². The molecule has 0 bridgehead atoms. The highest BCUT2D eigenvalue weighted by Crippen LogP contribution is 2.33. The summed E-state index contributed by atoms with van der Waals surface area (Å²) < 4.78 is 1.41. The van der Waals surface area contributed by atoms with E-state index in [0.717, 1.165) is 17.9 Å². The Morgan fingerprint density at radius 1 is 1.29 bits per heavy atom. The van der Waals surface area contributed by atoms with Crippen LogP contribution in [-0.2, 0) is 12.8 Å². The largest absolute Gasteiger partial charge is 0.144 e. The molecule has 0 aliphatic heterocycles. The first kappa shape index (κ1) is 10.0. The van der Waals surface area contributed by atoms with Crippen molar-refractivity contribution < 1.29 is 0 Å². The van der Waals surface area contributed by atoms with Gasteiger partial charge in [0.05, 0.1) is 0 Å². The molecular formula is C12H13ClS. The molecule has 2 rings (SSSR count). The van der Waals surface area contributed by atoms with E-state index in [0.29, 0.717) is 0 Å². The molecular weight excluding hydrogens is 212 g/mol. The summed E-state index contributed by atoms with van der Waals surface area (Å²) in [5.41, 5.74) is 2.66. The van der Waals surface area contributed by atoms with Gasteiger partial charge in [0, 0.05) is 9.72 Å². The highest BCUT2D eigenvalue weighted by atomic mass is 35.5. The van der Waals surface area contributed by atoms with Gasteiger partial charge in [-0.1, -0.05) is 25.4 Å². The molecule has 0 saturated heterocycles. The number of hydrogen-bond acceptors (Lipinski definition) is 1. The van der Waals surface area contributed by atoms with Crippen LogP contribution in [0.25, 0.3) is 10.1 Å². The fraction of sp³-hybridized carbons (Fsp3) is 0.333. The van der Waals surface area contributed by atoms with Crippen LogP contribution in [0.2, 0.25) is 5.02 Å². The number of fused-ring (bicyclic) bond motifs is 1. The lowest BCUT2D eigenvalue weighted by Crippen LogP contribution is -1.88. The molecule has 0 radical (unpaired) electrons. The molecule has 0 amide bonds. The van der Waals surface area contributed by atoms with E-state index in [4.69, 9.17) is 11.6 Å². The summed E-state index contributed by atoms with van der Waals surface area (Å²) in [6.07, 6.45) is 2.07. The normalized spacial score (nSPS) is 11.1. The zero-order valence-electron chi connectivity index (χ0n) is 8.43. The van der Waals surface area contributed by atoms with E-state index in [1.54, 1.807) is 0 Å². The third-order valence-corrected chi connectivity index (χ3v) is 3.93. The van der Waals surface area contributed by atoms with Crippen LogP contribution in [-0.4, -0.2) is 0 Å². The van der Waals surface area contributed by atoms with Crippen LogP contribution in [0.15, 0.2) is 17.5 Å². The molecule has 74 valence electrons. The van der Waals surface area contributed by atoms with Crippen molar-refractivity contribution in [3.8, 4) is 0 Å². The van der Waals surface area contributed by atoms with E-state index in [1.807, 2.05) is 11.3 Å². The maximum atomic E-state index is 6.25. The minimum absolute atomic E-state index is 0.926. The lowest BCUT2D eigenvalue weighted by atomic mass is 10.0. The summed E-state index contributed by atoms with van der Waals surface area (Å²) in [7, 11) is 0. The first-order valence-electron chi connectivity index (χ1n) is 4.95. The number of hydrogen-bond donors (Lipinski definition) is 0. The minimum Gasteiger partial charge on any atom is -0.144 e. The van der Waals surface area contributed by atoms with Crippen LogP contribution >= 0.6 is 22.9 Å². The molecule has 0 spiro atoms. The Labute approximate surface area is 93.5 Å². The standard InChI is InChI=1S/C12H13ClS/c1-3-8-7-11(13)9(4-2)10-5-6-14-12(8)10/h5-7H,3-4H2,1-2H3. The van der Waals surface area contributed by atoms with E-state index in [9.17, 15) is 0 Å². The highest BCUT2D eigenvalue weighted by molar-refractivity contribution is 7.17. The van der Waals surface area contributed by atoms with E-state index < -0.39 is 0 Å². The smallest absolute Gasteiger partial charge is 0.0447 e. The summed E-state index contributed by atoms with van der Waals surface area (Å²) in [6.45, 7) is 4.33. The zero-order chi connectivity index (χ0) is 10.1. The quantitative estimate of drug-likeness (QED) is 0.695. The highest BCUT2D eigenvalue weighted by Gasteiger charge is 2.09. The van der Waals surface area contributed by atoms with Crippen LogP contribution in [0, 0.1) is 0 Å². The van der Waals surface area contributed by atoms with Crippen molar-refractivity contribution in [2.45, 2.75) is 26.7 Å². The number of benzene rings is 1. The van der Waals surface area contributed by atoms with Crippen molar-refractivity contribution in [3.05, 3.63) is 33.7 Å². The molecule has 1 aromatic carbocycles. The van der Waals surface area contributed by atoms with Gasteiger partial charge in [-0.2, -0.15) is 0 Å². The molecule has 0 aliphatic carbocycles. The molecule has 0 fully saturated rings. The Kier molecular flexibility index (Phi) is 2.80. The molecule has 1 heterocycles. The zero-order valence-corrected chi connectivity index (χ0v) is 10.0. The third-order valence-electron chi connectivity index (χ3n) is 2.61. The molecule has 0 saturated carbocycles. The van der Waals surface area contributed by atoms with E-state index in [2.05, 4.69) is 31.4 Å². The Balaban J connectivity index is 2.81. The van der Waals surface area contributed by atoms with Crippen molar-refractivity contribution in [1.82, 2.24) is 0 Å². The van der Waals surface area contributed by atoms with E-state index in [-0.39, 0.29) is 0 Å². The topological polar surface area (TPSA) is 0 Å². The summed E-state index contributed by atoms with van der Waals surface area (Å²) in [6, 6.07) is 4.31. The molecule has 2 aromatic rings. The number of thiophene rings is 1. The predicted octanol–water partition coefficient (Wildman–Crippen LogP) is 4.68. The summed E-state index contributed by atoms with van der Waals surface area (Å²) in [4.78, 5) is 0. The van der Waals surface area contributed by atoms with Gasteiger partial charge >= 0.3 is 0 Å². The van der Waals surface area contributed by atoms with Crippen molar-refractivity contribution in [1.29, 1.82) is 0 Å².